The normalized spacial score (nSPS) is 20.8. The average molecular weight is 335 g/mol. The molecular weight excluding hydrogens is 310 g/mol. The molecule has 8 nitrogen and oxygen atoms in total. The number of aromatic nitrogens is 2. The number of carbonyl (C=O) groups excluding carboxylic acids is 2. The maximum atomic E-state index is 12.3. The second kappa shape index (κ2) is 7.74. The Labute approximate surface area is 141 Å². The van der Waals surface area contributed by atoms with Crippen LogP contribution >= 0.6 is 0 Å². The van der Waals surface area contributed by atoms with Crippen molar-refractivity contribution in [1.82, 2.24) is 20.4 Å². The highest BCUT2D eigenvalue weighted by molar-refractivity contribution is 5.88. The molecule has 2 aliphatic rings. The van der Waals surface area contributed by atoms with Crippen LogP contribution in [0, 0.1) is 5.92 Å². The molecule has 2 amide bonds. The highest BCUT2D eigenvalue weighted by Crippen LogP contribution is 2.27. The number of hydrogen-bond donors (Lipinski definition) is 2. The van der Waals surface area contributed by atoms with Crippen molar-refractivity contribution in [1.29, 1.82) is 0 Å². The fourth-order valence-corrected chi connectivity index (χ4v) is 3.71. The summed E-state index contributed by atoms with van der Waals surface area (Å²) in [5.41, 5.74) is 5.06. The Balaban J connectivity index is 1.42. The molecule has 1 aromatic heterocycles. The number of nitrogens with zero attached hydrogens (tertiary/aromatic N) is 3. The molecule has 8 heteroatoms. The Kier molecular flexibility index (Phi) is 5.44. The Bertz CT molecular complexity index is 574. The molecule has 1 aliphatic carbocycles. The van der Waals surface area contributed by atoms with Crippen LogP contribution in [0.15, 0.2) is 4.52 Å². The van der Waals surface area contributed by atoms with Gasteiger partial charge in [0.1, 0.15) is 0 Å². The lowest BCUT2D eigenvalue weighted by Crippen LogP contribution is -2.45. The van der Waals surface area contributed by atoms with Crippen molar-refractivity contribution in [3.8, 4) is 0 Å². The first-order valence-electron chi connectivity index (χ1n) is 8.77. The summed E-state index contributed by atoms with van der Waals surface area (Å²) in [6.07, 6.45) is 8.41. The Morgan fingerprint density at radius 1 is 1.17 bits per heavy atom. The van der Waals surface area contributed by atoms with Gasteiger partial charge in [0.2, 0.25) is 11.8 Å². The van der Waals surface area contributed by atoms with E-state index < -0.39 is 5.91 Å². The van der Waals surface area contributed by atoms with E-state index in [0.717, 1.165) is 25.9 Å². The zero-order valence-corrected chi connectivity index (χ0v) is 13.9. The average Bonchev–Trinajstić information content (AvgIpc) is 3.10. The first-order chi connectivity index (χ1) is 11.6. The monoisotopic (exact) mass is 335 g/mol. The lowest BCUT2D eigenvalue weighted by molar-refractivity contribution is -0.127. The van der Waals surface area contributed by atoms with Gasteiger partial charge in [-0.3, -0.25) is 9.59 Å². The van der Waals surface area contributed by atoms with Crippen molar-refractivity contribution in [2.45, 2.75) is 57.5 Å². The van der Waals surface area contributed by atoms with Gasteiger partial charge in [-0.05, 0) is 38.8 Å². The minimum atomic E-state index is -0.744. The molecule has 1 aromatic rings. The third kappa shape index (κ3) is 4.11. The third-order valence-corrected chi connectivity index (χ3v) is 5.09. The van der Waals surface area contributed by atoms with E-state index in [4.69, 9.17) is 10.3 Å². The van der Waals surface area contributed by atoms with Crippen molar-refractivity contribution in [2.75, 3.05) is 13.1 Å². The molecule has 3 N–H and O–H groups in total. The van der Waals surface area contributed by atoms with E-state index in [2.05, 4.69) is 20.4 Å². The summed E-state index contributed by atoms with van der Waals surface area (Å²) in [6, 6.07) is 0.716. The number of nitrogens with one attached hydrogen (secondary N) is 1. The fourth-order valence-electron chi connectivity index (χ4n) is 3.71. The molecule has 3 rings (SSSR count). The molecule has 24 heavy (non-hydrogen) atoms. The van der Waals surface area contributed by atoms with Gasteiger partial charge >= 0.3 is 0 Å². The van der Waals surface area contributed by atoms with Crippen LogP contribution in [0.5, 0.6) is 0 Å². The molecule has 1 saturated heterocycles. The number of likely N-dealkylation sites (tertiary alicyclic amines) is 1. The van der Waals surface area contributed by atoms with Gasteiger partial charge in [0.25, 0.3) is 11.7 Å². The van der Waals surface area contributed by atoms with Gasteiger partial charge in [0.15, 0.2) is 0 Å². The maximum absolute atomic E-state index is 12.3. The smallest absolute Gasteiger partial charge is 0.290 e. The predicted octanol–water partition coefficient (Wildman–Crippen LogP) is 0.829. The highest BCUT2D eigenvalue weighted by Gasteiger charge is 2.29. The molecule has 2 fully saturated rings. The van der Waals surface area contributed by atoms with E-state index in [9.17, 15) is 9.59 Å². The van der Waals surface area contributed by atoms with Crippen LogP contribution in [0.25, 0.3) is 0 Å². The summed E-state index contributed by atoms with van der Waals surface area (Å²) in [6.45, 7) is 2.12. The van der Waals surface area contributed by atoms with Gasteiger partial charge in [0, 0.05) is 12.0 Å². The number of nitrogens with two attached hydrogens (primary N) is 1. The quantitative estimate of drug-likeness (QED) is 0.823. The number of primary amides is 1. The predicted molar refractivity (Wildman–Crippen MR) is 85.8 cm³/mol. The van der Waals surface area contributed by atoms with Crippen molar-refractivity contribution in [2.24, 2.45) is 11.7 Å². The lowest BCUT2D eigenvalue weighted by Gasteiger charge is -2.38. The zero-order chi connectivity index (χ0) is 16.9. The molecular formula is C16H25N5O3. The van der Waals surface area contributed by atoms with Crippen LogP contribution in [0.4, 0.5) is 0 Å². The van der Waals surface area contributed by atoms with E-state index in [1.807, 2.05) is 0 Å². The molecule has 1 saturated carbocycles. The van der Waals surface area contributed by atoms with Crippen LogP contribution in [0.1, 0.15) is 61.5 Å². The van der Waals surface area contributed by atoms with Gasteiger partial charge in [-0.25, -0.2) is 0 Å². The van der Waals surface area contributed by atoms with E-state index in [0.29, 0.717) is 6.04 Å². The minimum Gasteiger partial charge on any atom is -0.363 e. The molecule has 0 atom stereocenters. The summed E-state index contributed by atoms with van der Waals surface area (Å²) in [5, 5.41) is 6.26. The second-order valence-electron chi connectivity index (χ2n) is 6.70. The summed E-state index contributed by atoms with van der Waals surface area (Å²) >= 11 is 0. The number of rotatable bonds is 5. The molecule has 0 aromatic carbocycles. The van der Waals surface area contributed by atoms with E-state index in [1.165, 1.54) is 32.1 Å². The fraction of sp³-hybridized carbons (Fsp3) is 0.750. The van der Waals surface area contributed by atoms with Crippen LogP contribution in [-0.2, 0) is 11.3 Å². The SMILES string of the molecule is NC(=O)c1noc(CNC(=O)C2CCN(C3CCCCC3)CC2)n1. The Morgan fingerprint density at radius 2 is 1.88 bits per heavy atom. The number of carbonyl (C=O) groups is 2. The summed E-state index contributed by atoms with van der Waals surface area (Å²) in [7, 11) is 0. The van der Waals surface area contributed by atoms with Crippen molar-refractivity contribution < 1.29 is 14.1 Å². The van der Waals surface area contributed by atoms with Gasteiger partial charge in [-0.1, -0.05) is 24.4 Å². The number of amides is 2. The molecule has 2 heterocycles. The molecule has 0 bridgehead atoms. The maximum Gasteiger partial charge on any atom is 0.290 e. The first kappa shape index (κ1) is 16.9. The number of hydrogen-bond acceptors (Lipinski definition) is 6. The summed E-state index contributed by atoms with van der Waals surface area (Å²) in [5.74, 6) is -0.677. The van der Waals surface area contributed by atoms with Gasteiger partial charge in [-0.2, -0.15) is 4.98 Å². The van der Waals surface area contributed by atoms with Crippen molar-refractivity contribution in [3.05, 3.63) is 11.7 Å². The molecule has 0 spiro atoms. The molecule has 132 valence electrons. The Morgan fingerprint density at radius 3 is 2.50 bits per heavy atom. The third-order valence-electron chi connectivity index (χ3n) is 5.09. The zero-order valence-electron chi connectivity index (χ0n) is 13.9. The second-order valence-corrected chi connectivity index (χ2v) is 6.70. The Hall–Kier alpha value is -1.96. The summed E-state index contributed by atoms with van der Waals surface area (Å²) in [4.78, 5) is 29.6. The van der Waals surface area contributed by atoms with Crippen LogP contribution in [0.2, 0.25) is 0 Å². The minimum absolute atomic E-state index is 0.0112. The van der Waals surface area contributed by atoms with E-state index in [-0.39, 0.29) is 30.1 Å². The molecule has 1 aliphatic heterocycles. The first-order valence-corrected chi connectivity index (χ1v) is 8.77. The van der Waals surface area contributed by atoms with Gasteiger partial charge < -0.3 is 20.5 Å². The molecule has 0 radical (unpaired) electrons. The van der Waals surface area contributed by atoms with Crippen molar-refractivity contribution in [3.63, 3.8) is 0 Å². The largest absolute Gasteiger partial charge is 0.363 e. The standard InChI is InChI=1S/C16H25N5O3/c17-14(22)15-19-13(24-20-15)10-18-16(23)11-6-8-21(9-7-11)12-4-2-1-3-5-12/h11-12H,1-10H2,(H2,17,22)(H,18,23). The van der Waals surface area contributed by atoms with Crippen LogP contribution < -0.4 is 11.1 Å². The van der Waals surface area contributed by atoms with Crippen molar-refractivity contribution >= 4 is 11.8 Å². The van der Waals surface area contributed by atoms with E-state index in [1.54, 1.807) is 0 Å². The lowest BCUT2D eigenvalue weighted by atomic mass is 9.90. The van der Waals surface area contributed by atoms with Gasteiger partial charge in [-0.15, -0.1) is 0 Å². The van der Waals surface area contributed by atoms with Crippen LogP contribution in [-0.4, -0.2) is 46.0 Å². The topological polar surface area (TPSA) is 114 Å². The number of piperidine rings is 1. The van der Waals surface area contributed by atoms with E-state index >= 15 is 0 Å². The summed E-state index contributed by atoms with van der Waals surface area (Å²) < 4.78 is 4.88. The molecule has 0 unspecified atom stereocenters. The highest BCUT2D eigenvalue weighted by atomic mass is 16.5. The van der Waals surface area contributed by atoms with Gasteiger partial charge in [0.05, 0.1) is 6.54 Å². The van der Waals surface area contributed by atoms with Crippen LogP contribution in [0.3, 0.4) is 0 Å².